The SMILES string of the molecule is O=C(CCCCCCCCCCC(=O)NN=Cc1ccccc1O)NN=Cc1ccccc1O. The van der Waals surface area contributed by atoms with Gasteiger partial charge in [0.2, 0.25) is 11.8 Å². The van der Waals surface area contributed by atoms with E-state index in [-0.39, 0.29) is 23.3 Å². The zero-order chi connectivity index (χ0) is 24.4. The van der Waals surface area contributed by atoms with Crippen molar-refractivity contribution in [3.05, 3.63) is 59.7 Å². The summed E-state index contributed by atoms with van der Waals surface area (Å²) in [5.41, 5.74) is 6.08. The fraction of sp³-hybridized carbons (Fsp3) is 0.385. The summed E-state index contributed by atoms with van der Waals surface area (Å²) in [6.45, 7) is 0. The number of amides is 2. The smallest absolute Gasteiger partial charge is 0.240 e. The molecule has 182 valence electrons. The largest absolute Gasteiger partial charge is 0.507 e. The number of nitrogens with zero attached hydrogens (tertiary/aromatic N) is 2. The lowest BCUT2D eigenvalue weighted by Gasteiger charge is -2.03. The number of hydrogen-bond donors (Lipinski definition) is 4. The van der Waals surface area contributed by atoms with Crippen molar-refractivity contribution in [2.45, 2.75) is 64.2 Å². The van der Waals surface area contributed by atoms with E-state index < -0.39 is 0 Å². The number of carbonyl (C=O) groups excluding carboxylic acids is 2. The predicted octanol–water partition coefficient (Wildman–Crippen LogP) is 4.60. The van der Waals surface area contributed by atoms with E-state index in [1.165, 1.54) is 12.4 Å². The molecule has 2 rings (SSSR count). The number of hydrazone groups is 2. The number of nitrogens with one attached hydrogen (secondary N) is 2. The van der Waals surface area contributed by atoms with E-state index in [1.807, 2.05) is 0 Å². The van der Waals surface area contributed by atoms with Gasteiger partial charge < -0.3 is 10.2 Å². The molecule has 2 aromatic carbocycles. The highest BCUT2D eigenvalue weighted by Gasteiger charge is 2.02. The third-order valence-electron chi connectivity index (χ3n) is 5.22. The zero-order valence-electron chi connectivity index (χ0n) is 19.4. The van der Waals surface area contributed by atoms with E-state index in [0.717, 1.165) is 51.4 Å². The Bertz CT molecular complexity index is 882. The van der Waals surface area contributed by atoms with Gasteiger partial charge in [-0.2, -0.15) is 10.2 Å². The summed E-state index contributed by atoms with van der Waals surface area (Å²) < 4.78 is 0. The molecule has 0 unspecified atom stereocenters. The number of para-hydroxylation sites is 2. The number of phenolic OH excluding ortho intramolecular Hbond substituents is 2. The van der Waals surface area contributed by atoms with Crippen LogP contribution in [0.5, 0.6) is 11.5 Å². The van der Waals surface area contributed by atoms with Crippen molar-refractivity contribution < 1.29 is 19.8 Å². The van der Waals surface area contributed by atoms with Gasteiger partial charge in [0.1, 0.15) is 11.5 Å². The first-order valence-electron chi connectivity index (χ1n) is 11.8. The second-order valence-electron chi connectivity index (χ2n) is 8.03. The van der Waals surface area contributed by atoms with Crippen LogP contribution in [-0.4, -0.2) is 34.5 Å². The molecule has 34 heavy (non-hydrogen) atoms. The zero-order valence-corrected chi connectivity index (χ0v) is 19.4. The number of unbranched alkanes of at least 4 members (excludes halogenated alkanes) is 7. The molecule has 0 fully saturated rings. The topological polar surface area (TPSA) is 123 Å². The second-order valence-corrected chi connectivity index (χ2v) is 8.03. The first kappa shape index (κ1) is 26.6. The fourth-order valence-electron chi connectivity index (χ4n) is 3.28. The molecule has 0 aromatic heterocycles. The third-order valence-corrected chi connectivity index (χ3v) is 5.22. The minimum absolute atomic E-state index is 0.124. The standard InChI is InChI=1S/C26H34N4O4/c31-23-15-11-9-13-21(23)19-27-29-25(33)17-7-5-3-1-2-4-6-8-18-26(34)30-28-20-22-14-10-12-16-24(22)32/h9-16,19-20,31-32H,1-8,17-18H2,(H,29,33)(H,30,34). The highest BCUT2D eigenvalue weighted by Crippen LogP contribution is 2.14. The van der Waals surface area contributed by atoms with Gasteiger partial charge >= 0.3 is 0 Å². The number of benzene rings is 2. The molecule has 0 aliphatic rings. The quantitative estimate of drug-likeness (QED) is 0.174. The van der Waals surface area contributed by atoms with Gasteiger partial charge in [-0.1, -0.05) is 62.8 Å². The Morgan fingerprint density at radius 3 is 1.35 bits per heavy atom. The van der Waals surface area contributed by atoms with Crippen molar-refractivity contribution in [2.24, 2.45) is 10.2 Å². The summed E-state index contributed by atoms with van der Waals surface area (Å²) in [7, 11) is 0. The Morgan fingerprint density at radius 1 is 0.618 bits per heavy atom. The van der Waals surface area contributed by atoms with Gasteiger partial charge in [0.25, 0.3) is 0 Å². The van der Waals surface area contributed by atoms with Crippen LogP contribution < -0.4 is 10.9 Å². The lowest BCUT2D eigenvalue weighted by molar-refractivity contribution is -0.122. The van der Waals surface area contributed by atoms with Crippen LogP contribution in [0.25, 0.3) is 0 Å². The number of aromatic hydroxyl groups is 2. The molecule has 0 aliphatic carbocycles. The highest BCUT2D eigenvalue weighted by atomic mass is 16.3. The van der Waals surface area contributed by atoms with Crippen molar-refractivity contribution in [3.63, 3.8) is 0 Å². The maximum Gasteiger partial charge on any atom is 0.240 e. The third kappa shape index (κ3) is 11.3. The van der Waals surface area contributed by atoms with E-state index in [9.17, 15) is 19.8 Å². The molecule has 4 N–H and O–H groups in total. The Labute approximate surface area is 200 Å². The summed E-state index contributed by atoms with van der Waals surface area (Å²) in [5, 5.41) is 27.0. The number of carbonyl (C=O) groups is 2. The average Bonchev–Trinajstić information content (AvgIpc) is 2.82. The van der Waals surface area contributed by atoms with Crippen LogP contribution in [0.4, 0.5) is 0 Å². The number of rotatable bonds is 15. The van der Waals surface area contributed by atoms with Crippen molar-refractivity contribution >= 4 is 24.2 Å². The lowest BCUT2D eigenvalue weighted by Crippen LogP contribution is -2.16. The molecule has 0 radical (unpaired) electrons. The Hall–Kier alpha value is -3.68. The van der Waals surface area contributed by atoms with Crippen molar-refractivity contribution in [1.82, 2.24) is 10.9 Å². The molecular weight excluding hydrogens is 432 g/mol. The van der Waals surface area contributed by atoms with Crippen LogP contribution in [0.2, 0.25) is 0 Å². The Morgan fingerprint density at radius 2 is 0.971 bits per heavy atom. The number of hydrogen-bond acceptors (Lipinski definition) is 6. The van der Waals surface area contributed by atoms with Gasteiger partial charge in [0.15, 0.2) is 0 Å². The van der Waals surface area contributed by atoms with Crippen molar-refractivity contribution in [1.29, 1.82) is 0 Å². The summed E-state index contributed by atoms with van der Waals surface area (Å²) >= 11 is 0. The van der Waals surface area contributed by atoms with Crippen LogP contribution in [0, 0.1) is 0 Å². The van der Waals surface area contributed by atoms with E-state index >= 15 is 0 Å². The van der Waals surface area contributed by atoms with E-state index in [4.69, 9.17) is 0 Å². The lowest BCUT2D eigenvalue weighted by atomic mass is 10.1. The predicted molar refractivity (Wildman–Crippen MR) is 134 cm³/mol. The minimum Gasteiger partial charge on any atom is -0.507 e. The molecule has 0 atom stereocenters. The van der Waals surface area contributed by atoms with Crippen LogP contribution >= 0.6 is 0 Å². The molecule has 0 saturated heterocycles. The van der Waals surface area contributed by atoms with Crippen LogP contribution in [0.15, 0.2) is 58.7 Å². The van der Waals surface area contributed by atoms with Crippen LogP contribution in [0.3, 0.4) is 0 Å². The maximum absolute atomic E-state index is 11.8. The number of phenols is 2. The summed E-state index contributed by atoms with van der Waals surface area (Å²) in [6, 6.07) is 13.6. The molecule has 2 amide bonds. The Balaban J connectivity index is 1.40. The van der Waals surface area contributed by atoms with Crippen LogP contribution in [-0.2, 0) is 9.59 Å². The fourth-order valence-corrected chi connectivity index (χ4v) is 3.28. The van der Waals surface area contributed by atoms with Crippen LogP contribution in [0.1, 0.15) is 75.3 Å². The van der Waals surface area contributed by atoms with Crippen molar-refractivity contribution in [3.8, 4) is 11.5 Å². The van der Waals surface area contributed by atoms with E-state index in [2.05, 4.69) is 21.1 Å². The Kier molecular flexibility index (Phi) is 12.5. The van der Waals surface area contributed by atoms with E-state index in [1.54, 1.807) is 48.5 Å². The maximum atomic E-state index is 11.8. The minimum atomic E-state index is -0.130. The second kappa shape index (κ2) is 16.0. The summed E-state index contributed by atoms with van der Waals surface area (Å²) in [6.07, 6.45) is 11.7. The molecule has 0 saturated carbocycles. The summed E-state index contributed by atoms with van der Waals surface area (Å²) in [4.78, 5) is 23.6. The van der Waals surface area contributed by atoms with Gasteiger partial charge in [-0.05, 0) is 37.1 Å². The molecule has 2 aromatic rings. The average molecular weight is 467 g/mol. The summed E-state index contributed by atoms with van der Waals surface area (Å²) in [5.74, 6) is -0.0120. The van der Waals surface area contributed by atoms with Gasteiger partial charge in [-0.3, -0.25) is 9.59 Å². The van der Waals surface area contributed by atoms with Crippen molar-refractivity contribution in [2.75, 3.05) is 0 Å². The first-order chi connectivity index (χ1) is 16.6. The van der Waals surface area contributed by atoms with Gasteiger partial charge in [0, 0.05) is 24.0 Å². The first-order valence-corrected chi connectivity index (χ1v) is 11.8. The molecule has 0 bridgehead atoms. The molecule has 8 nitrogen and oxygen atoms in total. The van der Waals surface area contributed by atoms with Gasteiger partial charge in [-0.15, -0.1) is 0 Å². The molecular formula is C26H34N4O4. The van der Waals surface area contributed by atoms with Gasteiger partial charge in [0.05, 0.1) is 12.4 Å². The molecule has 0 aliphatic heterocycles. The normalized spacial score (nSPS) is 11.2. The molecule has 8 heteroatoms. The monoisotopic (exact) mass is 466 g/mol. The highest BCUT2D eigenvalue weighted by molar-refractivity contribution is 5.85. The molecule has 0 heterocycles. The van der Waals surface area contributed by atoms with E-state index in [0.29, 0.717) is 24.0 Å². The van der Waals surface area contributed by atoms with Gasteiger partial charge in [-0.25, -0.2) is 10.9 Å². The molecule has 0 spiro atoms.